The highest BCUT2D eigenvalue weighted by molar-refractivity contribution is 5.89. The van der Waals surface area contributed by atoms with E-state index in [1.165, 1.54) is 6.92 Å². The first-order valence-corrected chi connectivity index (χ1v) is 5.90. The minimum Gasteiger partial charge on any atom is -0.367 e. The molecule has 0 spiro atoms. The summed E-state index contributed by atoms with van der Waals surface area (Å²) in [4.78, 5) is 11.6. The van der Waals surface area contributed by atoms with Crippen LogP contribution in [0.15, 0.2) is 30.3 Å². The number of carbonyl (C=O) groups is 1. The number of aliphatic hydroxyl groups is 1. The molecule has 1 rings (SSSR count). The molecule has 0 bridgehead atoms. The van der Waals surface area contributed by atoms with E-state index in [9.17, 15) is 9.90 Å². The number of carbonyl (C=O) groups excluding carboxylic acids is 1. The van der Waals surface area contributed by atoms with E-state index in [-0.39, 0.29) is 5.78 Å². The third-order valence-electron chi connectivity index (χ3n) is 2.63. The fraction of sp³-hybridized carbons (Fsp3) is 0.400. The topological polar surface area (TPSA) is 37.3 Å². The second-order valence-electron chi connectivity index (χ2n) is 4.04. The van der Waals surface area contributed by atoms with E-state index in [1.807, 2.05) is 6.07 Å². The van der Waals surface area contributed by atoms with Gasteiger partial charge in [-0.1, -0.05) is 55.5 Å². The van der Waals surface area contributed by atoms with Crippen molar-refractivity contribution >= 4 is 5.78 Å². The summed E-state index contributed by atoms with van der Waals surface area (Å²) in [6, 6.07) is 8.86. The van der Waals surface area contributed by atoms with E-state index < -0.39 is 5.60 Å². The lowest BCUT2D eigenvalue weighted by molar-refractivity contribution is -0.130. The van der Waals surface area contributed by atoms with Crippen molar-refractivity contribution in [2.45, 2.75) is 38.7 Å². The van der Waals surface area contributed by atoms with Gasteiger partial charge in [0.25, 0.3) is 0 Å². The highest BCUT2D eigenvalue weighted by Gasteiger charge is 2.32. The zero-order chi connectivity index (χ0) is 12.7. The summed E-state index contributed by atoms with van der Waals surface area (Å²) in [5.41, 5.74) is -1.12. The van der Waals surface area contributed by atoms with Crippen molar-refractivity contribution in [3.63, 3.8) is 0 Å². The summed E-state index contributed by atoms with van der Waals surface area (Å²) in [7, 11) is 0. The first-order chi connectivity index (χ1) is 8.11. The summed E-state index contributed by atoms with van der Waals surface area (Å²) in [5.74, 6) is 5.25. The molecular formula is C15H18O2. The first kappa shape index (κ1) is 13.5. The second kappa shape index (κ2) is 6.22. The Bertz CT molecular complexity index is 425. The third-order valence-corrected chi connectivity index (χ3v) is 2.63. The quantitative estimate of drug-likeness (QED) is 0.637. The summed E-state index contributed by atoms with van der Waals surface area (Å²) in [6.07, 6.45) is 2.74. The first-order valence-electron chi connectivity index (χ1n) is 5.90. The molecular weight excluding hydrogens is 212 g/mol. The Morgan fingerprint density at radius 2 is 2.00 bits per heavy atom. The zero-order valence-corrected chi connectivity index (χ0v) is 10.4. The summed E-state index contributed by atoms with van der Waals surface area (Å²) in [5, 5.41) is 10.3. The highest BCUT2D eigenvalue weighted by Crippen LogP contribution is 2.21. The van der Waals surface area contributed by atoms with E-state index in [0.717, 1.165) is 12.8 Å². The molecule has 0 saturated carbocycles. The van der Waals surface area contributed by atoms with Crippen molar-refractivity contribution in [2.24, 2.45) is 0 Å². The van der Waals surface area contributed by atoms with Gasteiger partial charge in [0.1, 0.15) is 0 Å². The van der Waals surface area contributed by atoms with Gasteiger partial charge in [0.05, 0.1) is 0 Å². The molecule has 0 aliphatic rings. The van der Waals surface area contributed by atoms with Gasteiger partial charge in [-0.05, 0) is 13.3 Å². The van der Waals surface area contributed by atoms with Crippen LogP contribution in [0, 0.1) is 11.8 Å². The van der Waals surface area contributed by atoms with Crippen molar-refractivity contribution in [1.82, 2.24) is 0 Å². The van der Waals surface area contributed by atoms with Crippen LogP contribution >= 0.6 is 0 Å². The van der Waals surface area contributed by atoms with Crippen LogP contribution in [0.25, 0.3) is 0 Å². The SMILES string of the molecule is CCCCC#CC(O)(C(C)=O)c1ccccc1. The van der Waals surface area contributed by atoms with Crippen LogP contribution in [0.4, 0.5) is 0 Å². The van der Waals surface area contributed by atoms with Crippen molar-refractivity contribution in [3.8, 4) is 11.8 Å². The zero-order valence-electron chi connectivity index (χ0n) is 10.4. The number of benzene rings is 1. The van der Waals surface area contributed by atoms with Crippen molar-refractivity contribution < 1.29 is 9.90 Å². The highest BCUT2D eigenvalue weighted by atomic mass is 16.3. The fourth-order valence-electron chi connectivity index (χ4n) is 1.50. The van der Waals surface area contributed by atoms with Crippen LogP contribution in [0.3, 0.4) is 0 Å². The lowest BCUT2D eigenvalue weighted by atomic mass is 9.90. The standard InChI is InChI=1S/C15H18O2/c1-3-4-5-9-12-15(17,13(2)16)14-10-7-6-8-11-14/h6-8,10-11,17H,3-5H2,1-2H3. The normalized spacial score (nSPS) is 13.4. The Labute approximate surface area is 103 Å². The average Bonchev–Trinajstić information content (AvgIpc) is 2.35. The number of rotatable bonds is 4. The smallest absolute Gasteiger partial charge is 0.210 e. The lowest BCUT2D eigenvalue weighted by Gasteiger charge is -2.19. The summed E-state index contributed by atoms with van der Waals surface area (Å²) < 4.78 is 0. The van der Waals surface area contributed by atoms with Crippen LogP contribution in [-0.2, 0) is 10.4 Å². The largest absolute Gasteiger partial charge is 0.367 e. The third kappa shape index (κ3) is 3.44. The molecule has 0 fully saturated rings. The fourth-order valence-corrected chi connectivity index (χ4v) is 1.50. The Balaban J connectivity index is 2.97. The molecule has 1 aromatic carbocycles. The Hall–Kier alpha value is -1.59. The second-order valence-corrected chi connectivity index (χ2v) is 4.04. The van der Waals surface area contributed by atoms with Gasteiger partial charge in [-0.3, -0.25) is 4.79 Å². The van der Waals surface area contributed by atoms with Gasteiger partial charge in [0.2, 0.25) is 5.60 Å². The van der Waals surface area contributed by atoms with Crippen LogP contribution in [0.1, 0.15) is 38.7 Å². The maximum absolute atomic E-state index is 11.6. The Morgan fingerprint density at radius 1 is 1.35 bits per heavy atom. The van der Waals surface area contributed by atoms with Crippen molar-refractivity contribution in [3.05, 3.63) is 35.9 Å². The van der Waals surface area contributed by atoms with Gasteiger partial charge in [0.15, 0.2) is 5.78 Å². The molecule has 0 radical (unpaired) electrons. The van der Waals surface area contributed by atoms with Crippen molar-refractivity contribution in [1.29, 1.82) is 0 Å². The van der Waals surface area contributed by atoms with Crippen LogP contribution in [0.2, 0.25) is 0 Å². The van der Waals surface area contributed by atoms with Gasteiger partial charge >= 0.3 is 0 Å². The Kier molecular flexibility index (Phi) is 4.93. The molecule has 90 valence electrons. The summed E-state index contributed by atoms with van der Waals surface area (Å²) >= 11 is 0. The molecule has 1 N–H and O–H groups in total. The maximum Gasteiger partial charge on any atom is 0.210 e. The average molecular weight is 230 g/mol. The number of hydrogen-bond acceptors (Lipinski definition) is 2. The molecule has 0 saturated heterocycles. The molecule has 2 nitrogen and oxygen atoms in total. The van der Waals surface area contributed by atoms with E-state index >= 15 is 0 Å². The monoisotopic (exact) mass is 230 g/mol. The van der Waals surface area contributed by atoms with Gasteiger partial charge in [-0.2, -0.15) is 0 Å². The van der Waals surface area contributed by atoms with Crippen molar-refractivity contribution in [2.75, 3.05) is 0 Å². The predicted molar refractivity (Wildman–Crippen MR) is 68.3 cm³/mol. The Morgan fingerprint density at radius 3 is 2.53 bits per heavy atom. The lowest BCUT2D eigenvalue weighted by Crippen LogP contribution is -2.32. The number of hydrogen-bond donors (Lipinski definition) is 1. The predicted octanol–water partition coefficient (Wildman–Crippen LogP) is 2.66. The van der Waals surface area contributed by atoms with Gasteiger partial charge < -0.3 is 5.11 Å². The molecule has 0 aromatic heterocycles. The van der Waals surface area contributed by atoms with Gasteiger partial charge in [-0.15, -0.1) is 0 Å². The number of Topliss-reactive ketones (excluding diaryl/α,β-unsaturated/α-hetero) is 1. The van der Waals surface area contributed by atoms with E-state index in [2.05, 4.69) is 18.8 Å². The van der Waals surface area contributed by atoms with Gasteiger partial charge in [0, 0.05) is 12.0 Å². The van der Waals surface area contributed by atoms with Crippen LogP contribution in [-0.4, -0.2) is 10.9 Å². The van der Waals surface area contributed by atoms with Crippen LogP contribution < -0.4 is 0 Å². The molecule has 1 atom stereocenters. The summed E-state index contributed by atoms with van der Waals surface area (Å²) in [6.45, 7) is 3.44. The van der Waals surface area contributed by atoms with E-state index in [1.54, 1.807) is 24.3 Å². The molecule has 0 aliphatic carbocycles. The molecule has 0 amide bonds. The molecule has 0 heterocycles. The van der Waals surface area contributed by atoms with E-state index in [0.29, 0.717) is 12.0 Å². The van der Waals surface area contributed by atoms with Gasteiger partial charge in [-0.25, -0.2) is 0 Å². The molecule has 1 unspecified atom stereocenters. The molecule has 1 aromatic rings. The van der Waals surface area contributed by atoms with E-state index in [4.69, 9.17) is 0 Å². The molecule has 0 aliphatic heterocycles. The minimum absolute atomic E-state index is 0.340. The maximum atomic E-state index is 11.6. The number of unbranched alkanes of at least 4 members (excludes halogenated alkanes) is 2. The molecule has 17 heavy (non-hydrogen) atoms. The van der Waals surface area contributed by atoms with Crippen LogP contribution in [0.5, 0.6) is 0 Å². The molecule has 2 heteroatoms. The minimum atomic E-state index is -1.66. The number of ketones is 1.